The van der Waals surface area contributed by atoms with Crippen LogP contribution in [0.2, 0.25) is 0 Å². The Hall–Kier alpha value is -1.40. The number of aryl methyl sites for hydroxylation is 2. The highest BCUT2D eigenvalue weighted by molar-refractivity contribution is 7.89. The van der Waals surface area contributed by atoms with Crippen molar-refractivity contribution in [2.45, 2.75) is 31.7 Å². The summed E-state index contributed by atoms with van der Waals surface area (Å²) >= 11 is 0. The van der Waals surface area contributed by atoms with E-state index in [1.54, 1.807) is 13.8 Å². The Bertz CT molecular complexity index is 516. The summed E-state index contributed by atoms with van der Waals surface area (Å²) in [6.45, 7) is 4.85. The van der Waals surface area contributed by atoms with Gasteiger partial charge in [0.05, 0.1) is 4.90 Å². The van der Waals surface area contributed by atoms with Crippen LogP contribution >= 0.6 is 0 Å². The van der Waals surface area contributed by atoms with Gasteiger partial charge in [-0.05, 0) is 44.0 Å². The highest BCUT2D eigenvalue weighted by Crippen LogP contribution is 2.14. The monoisotopic (exact) mass is 257 g/mol. The summed E-state index contributed by atoms with van der Waals surface area (Å²) in [4.78, 5) is 10.7. The average molecular weight is 257 g/mol. The molecule has 0 amide bonds. The number of carboxylic acid groups (broad SMARTS) is 1. The summed E-state index contributed by atoms with van der Waals surface area (Å²) in [5.74, 6) is -1.21. The molecule has 1 aromatic carbocycles. The maximum atomic E-state index is 11.9. The van der Waals surface area contributed by atoms with Gasteiger partial charge < -0.3 is 5.11 Å². The minimum absolute atomic E-state index is 0.0862. The van der Waals surface area contributed by atoms with E-state index in [0.29, 0.717) is 0 Å². The largest absolute Gasteiger partial charge is 0.480 e. The molecular weight excluding hydrogens is 242 g/mol. The Kier molecular flexibility index (Phi) is 3.90. The molecule has 1 aromatic rings. The smallest absolute Gasteiger partial charge is 0.321 e. The summed E-state index contributed by atoms with van der Waals surface area (Å²) in [5, 5.41) is 8.67. The highest BCUT2D eigenvalue weighted by atomic mass is 32.2. The standard InChI is InChI=1S/C11H15NO4S/c1-7-4-8(2)6-10(5-7)17(15,16)12-9(3)11(13)14/h4-6,9,12H,1-3H3,(H,13,14)/t9-/m0/s1. The first kappa shape index (κ1) is 13.7. The molecule has 0 radical (unpaired) electrons. The van der Waals surface area contributed by atoms with Gasteiger partial charge in [0.15, 0.2) is 0 Å². The van der Waals surface area contributed by atoms with Gasteiger partial charge in [-0.1, -0.05) is 6.07 Å². The number of hydrogen-bond donors (Lipinski definition) is 2. The Morgan fingerprint density at radius 3 is 2.12 bits per heavy atom. The van der Waals surface area contributed by atoms with E-state index < -0.39 is 22.0 Å². The van der Waals surface area contributed by atoms with Crippen LogP contribution in [0, 0.1) is 13.8 Å². The van der Waals surface area contributed by atoms with Crippen LogP contribution in [-0.4, -0.2) is 25.5 Å². The third kappa shape index (κ3) is 3.54. The van der Waals surface area contributed by atoms with Gasteiger partial charge in [0.25, 0.3) is 0 Å². The first-order chi connectivity index (χ1) is 7.72. The van der Waals surface area contributed by atoms with Crippen molar-refractivity contribution >= 4 is 16.0 Å². The van der Waals surface area contributed by atoms with E-state index in [2.05, 4.69) is 4.72 Å². The first-order valence-electron chi connectivity index (χ1n) is 5.06. The molecule has 0 bridgehead atoms. The lowest BCUT2D eigenvalue weighted by atomic mass is 10.2. The minimum atomic E-state index is -3.78. The van der Waals surface area contributed by atoms with Crippen molar-refractivity contribution in [2.75, 3.05) is 0 Å². The average Bonchev–Trinajstić information content (AvgIpc) is 2.15. The van der Waals surface area contributed by atoms with Crippen molar-refractivity contribution in [3.05, 3.63) is 29.3 Å². The molecule has 0 aliphatic heterocycles. The summed E-state index contributed by atoms with van der Waals surface area (Å²) in [6, 6.07) is 3.70. The molecule has 0 unspecified atom stereocenters. The number of aliphatic carboxylic acids is 1. The van der Waals surface area contributed by atoms with Crippen LogP contribution in [0.15, 0.2) is 23.1 Å². The molecule has 6 heteroatoms. The van der Waals surface area contributed by atoms with Gasteiger partial charge >= 0.3 is 5.97 Å². The number of carboxylic acids is 1. The lowest BCUT2D eigenvalue weighted by Gasteiger charge is -2.11. The van der Waals surface area contributed by atoms with Gasteiger partial charge in [-0.15, -0.1) is 0 Å². The number of benzene rings is 1. The Labute approximate surface area is 101 Å². The summed E-state index contributed by atoms with van der Waals surface area (Å²) in [7, 11) is -3.78. The van der Waals surface area contributed by atoms with Crippen LogP contribution in [0.5, 0.6) is 0 Å². The third-order valence-electron chi connectivity index (χ3n) is 2.21. The molecule has 5 nitrogen and oxygen atoms in total. The van der Waals surface area contributed by atoms with Crippen molar-refractivity contribution < 1.29 is 18.3 Å². The van der Waals surface area contributed by atoms with E-state index in [1.165, 1.54) is 19.1 Å². The van der Waals surface area contributed by atoms with E-state index in [1.807, 2.05) is 6.07 Å². The topological polar surface area (TPSA) is 83.5 Å². The molecule has 17 heavy (non-hydrogen) atoms. The predicted molar refractivity (Wildman–Crippen MR) is 63.3 cm³/mol. The van der Waals surface area contributed by atoms with Crippen LogP contribution < -0.4 is 4.72 Å². The van der Waals surface area contributed by atoms with Crippen molar-refractivity contribution in [2.24, 2.45) is 0 Å². The molecule has 0 heterocycles. The van der Waals surface area contributed by atoms with Crippen LogP contribution in [0.1, 0.15) is 18.1 Å². The molecule has 0 fully saturated rings. The second kappa shape index (κ2) is 4.85. The molecule has 0 spiro atoms. The fourth-order valence-electron chi connectivity index (χ4n) is 1.44. The zero-order valence-corrected chi connectivity index (χ0v) is 10.7. The van der Waals surface area contributed by atoms with E-state index in [4.69, 9.17) is 5.11 Å². The van der Waals surface area contributed by atoms with Crippen LogP contribution in [0.3, 0.4) is 0 Å². The van der Waals surface area contributed by atoms with Crippen molar-refractivity contribution in [3.63, 3.8) is 0 Å². The summed E-state index contributed by atoms with van der Waals surface area (Å²) in [5.41, 5.74) is 1.63. The van der Waals surface area contributed by atoms with Gasteiger partial charge in [-0.25, -0.2) is 8.42 Å². The Morgan fingerprint density at radius 1 is 1.24 bits per heavy atom. The molecule has 0 aliphatic rings. The highest BCUT2D eigenvalue weighted by Gasteiger charge is 2.21. The number of hydrogen-bond acceptors (Lipinski definition) is 3. The lowest BCUT2D eigenvalue weighted by Crippen LogP contribution is -2.38. The maximum absolute atomic E-state index is 11.9. The lowest BCUT2D eigenvalue weighted by molar-refractivity contribution is -0.138. The fourth-order valence-corrected chi connectivity index (χ4v) is 2.82. The Morgan fingerprint density at radius 2 is 1.71 bits per heavy atom. The van der Waals surface area contributed by atoms with Gasteiger partial charge in [-0.3, -0.25) is 4.79 Å². The molecule has 1 rings (SSSR count). The second-order valence-electron chi connectivity index (χ2n) is 4.00. The van der Waals surface area contributed by atoms with Crippen LogP contribution in [0.4, 0.5) is 0 Å². The van der Waals surface area contributed by atoms with Crippen LogP contribution in [0.25, 0.3) is 0 Å². The van der Waals surface area contributed by atoms with Crippen molar-refractivity contribution in [3.8, 4) is 0 Å². The number of nitrogens with one attached hydrogen (secondary N) is 1. The molecule has 0 aromatic heterocycles. The SMILES string of the molecule is Cc1cc(C)cc(S(=O)(=O)N[C@@H](C)C(=O)O)c1. The van der Waals surface area contributed by atoms with E-state index in [-0.39, 0.29) is 4.90 Å². The molecule has 94 valence electrons. The fraction of sp³-hybridized carbons (Fsp3) is 0.364. The van der Waals surface area contributed by atoms with E-state index in [0.717, 1.165) is 11.1 Å². The number of sulfonamides is 1. The van der Waals surface area contributed by atoms with Crippen molar-refractivity contribution in [1.29, 1.82) is 0 Å². The molecule has 2 N–H and O–H groups in total. The normalized spacial score (nSPS) is 13.4. The maximum Gasteiger partial charge on any atom is 0.321 e. The van der Waals surface area contributed by atoms with E-state index in [9.17, 15) is 13.2 Å². The van der Waals surface area contributed by atoms with Crippen molar-refractivity contribution in [1.82, 2.24) is 4.72 Å². The van der Waals surface area contributed by atoms with Gasteiger partial charge in [0, 0.05) is 0 Å². The summed E-state index contributed by atoms with van der Waals surface area (Å²) < 4.78 is 25.9. The Balaban J connectivity index is 3.09. The molecule has 0 saturated carbocycles. The zero-order valence-electron chi connectivity index (χ0n) is 9.89. The predicted octanol–water partition coefficient (Wildman–Crippen LogP) is 1.05. The number of carbonyl (C=O) groups is 1. The molecule has 1 atom stereocenters. The van der Waals surface area contributed by atoms with Crippen LogP contribution in [-0.2, 0) is 14.8 Å². The van der Waals surface area contributed by atoms with Gasteiger partial charge in [0.1, 0.15) is 6.04 Å². The van der Waals surface area contributed by atoms with E-state index >= 15 is 0 Å². The second-order valence-corrected chi connectivity index (χ2v) is 5.72. The third-order valence-corrected chi connectivity index (χ3v) is 3.73. The zero-order chi connectivity index (χ0) is 13.2. The molecule has 0 aliphatic carbocycles. The van der Waals surface area contributed by atoms with Gasteiger partial charge in [0.2, 0.25) is 10.0 Å². The number of rotatable bonds is 4. The van der Waals surface area contributed by atoms with Gasteiger partial charge in [-0.2, -0.15) is 4.72 Å². The molecule has 0 saturated heterocycles. The quantitative estimate of drug-likeness (QED) is 0.844. The molecular formula is C11H15NO4S. The summed E-state index contributed by atoms with van der Waals surface area (Å²) in [6.07, 6.45) is 0. The first-order valence-corrected chi connectivity index (χ1v) is 6.54. The minimum Gasteiger partial charge on any atom is -0.480 e.